The van der Waals surface area contributed by atoms with Gasteiger partial charge in [-0.15, -0.1) is 0 Å². The summed E-state index contributed by atoms with van der Waals surface area (Å²) in [5, 5.41) is 3.89. The van der Waals surface area contributed by atoms with Gasteiger partial charge in [-0.2, -0.15) is 0 Å². The van der Waals surface area contributed by atoms with E-state index in [2.05, 4.69) is 27.9 Å². The lowest BCUT2D eigenvalue weighted by Crippen LogP contribution is -2.25. The molecule has 1 heterocycles. The molecule has 114 valence electrons. The van der Waals surface area contributed by atoms with Gasteiger partial charge in [-0.05, 0) is 71.5 Å². The Morgan fingerprint density at radius 3 is 2.68 bits per heavy atom. The quantitative estimate of drug-likeness (QED) is 0.575. The van der Waals surface area contributed by atoms with E-state index in [0.717, 1.165) is 14.8 Å². The van der Waals surface area contributed by atoms with Crippen LogP contribution in [0.1, 0.15) is 18.9 Å². The molecule has 1 aliphatic heterocycles. The fourth-order valence-electron chi connectivity index (χ4n) is 2.66. The maximum Gasteiger partial charge on any atom is 0.329 e. The molecule has 22 heavy (non-hydrogen) atoms. The molecule has 0 aromatic heterocycles. The van der Waals surface area contributed by atoms with Crippen molar-refractivity contribution in [2.45, 2.75) is 25.0 Å². The van der Waals surface area contributed by atoms with Crippen molar-refractivity contribution < 1.29 is 9.53 Å². The first kappa shape index (κ1) is 15.6. The number of halogens is 2. The van der Waals surface area contributed by atoms with Crippen LogP contribution in [0.3, 0.4) is 0 Å². The maximum absolute atomic E-state index is 12.2. The molecule has 0 bridgehead atoms. The molecule has 3 nitrogen and oxygen atoms in total. The van der Waals surface area contributed by atoms with Crippen LogP contribution < -0.4 is 5.32 Å². The number of benzene rings is 2. The van der Waals surface area contributed by atoms with E-state index in [1.807, 2.05) is 55.5 Å². The van der Waals surface area contributed by atoms with Crippen LogP contribution >= 0.6 is 34.2 Å². The first-order chi connectivity index (χ1) is 10.5. The Labute approximate surface area is 148 Å². The number of cyclic esters (lactones) is 1. The minimum Gasteiger partial charge on any atom is -0.453 e. The van der Waals surface area contributed by atoms with Crippen molar-refractivity contribution >= 4 is 45.8 Å². The van der Waals surface area contributed by atoms with Crippen LogP contribution in [0.25, 0.3) is 0 Å². The van der Waals surface area contributed by atoms with E-state index in [1.54, 1.807) is 0 Å². The standard InChI is InChI=1S/C17H15ClINO2/c1-17(11-3-2-4-12(18)9-11)10-15(16(21)22-17)20-14-7-5-13(19)6-8-14/h2-9,15,20H,10H2,1H3. The molecule has 3 rings (SSSR count). The third-order valence-corrected chi connectivity index (χ3v) is 4.78. The van der Waals surface area contributed by atoms with E-state index in [-0.39, 0.29) is 12.0 Å². The summed E-state index contributed by atoms with van der Waals surface area (Å²) in [5.41, 5.74) is 1.18. The molecule has 0 saturated carbocycles. The molecule has 0 aliphatic carbocycles. The monoisotopic (exact) mass is 427 g/mol. The van der Waals surface area contributed by atoms with E-state index in [4.69, 9.17) is 16.3 Å². The molecule has 0 amide bonds. The van der Waals surface area contributed by atoms with Crippen LogP contribution in [0.15, 0.2) is 48.5 Å². The zero-order valence-electron chi connectivity index (χ0n) is 12.0. The summed E-state index contributed by atoms with van der Waals surface area (Å²) < 4.78 is 6.79. The molecule has 1 N–H and O–H groups in total. The summed E-state index contributed by atoms with van der Waals surface area (Å²) in [7, 11) is 0. The minimum absolute atomic E-state index is 0.235. The lowest BCUT2D eigenvalue weighted by atomic mass is 9.91. The summed E-state index contributed by atoms with van der Waals surface area (Å²) in [6, 6.07) is 15.0. The minimum atomic E-state index is -0.650. The van der Waals surface area contributed by atoms with Gasteiger partial charge in [0.15, 0.2) is 0 Å². The molecule has 0 radical (unpaired) electrons. The summed E-state index contributed by atoms with van der Waals surface area (Å²) >= 11 is 8.30. The van der Waals surface area contributed by atoms with E-state index in [0.29, 0.717) is 11.4 Å². The molecular weight excluding hydrogens is 413 g/mol. The molecule has 1 fully saturated rings. The number of hydrogen-bond acceptors (Lipinski definition) is 3. The average molecular weight is 428 g/mol. The van der Waals surface area contributed by atoms with E-state index < -0.39 is 5.60 Å². The molecule has 2 aromatic rings. The second-order valence-corrected chi connectivity index (χ2v) is 7.25. The molecule has 2 aromatic carbocycles. The van der Waals surface area contributed by atoms with E-state index >= 15 is 0 Å². The van der Waals surface area contributed by atoms with Crippen molar-refractivity contribution in [3.63, 3.8) is 0 Å². The SMILES string of the molecule is CC1(c2cccc(Cl)c2)CC(Nc2ccc(I)cc2)C(=O)O1. The topological polar surface area (TPSA) is 38.3 Å². The summed E-state index contributed by atoms with van der Waals surface area (Å²) in [5.74, 6) is -0.235. The summed E-state index contributed by atoms with van der Waals surface area (Å²) in [6.07, 6.45) is 0.568. The van der Waals surface area contributed by atoms with E-state index in [9.17, 15) is 4.79 Å². The Morgan fingerprint density at radius 1 is 1.27 bits per heavy atom. The van der Waals surface area contributed by atoms with Gasteiger partial charge in [-0.1, -0.05) is 23.7 Å². The van der Waals surface area contributed by atoms with Gasteiger partial charge in [0.05, 0.1) is 0 Å². The zero-order chi connectivity index (χ0) is 15.7. The molecule has 1 aliphatic rings. The number of carbonyl (C=O) groups excluding carboxylic acids is 1. The van der Waals surface area contributed by atoms with Crippen molar-refractivity contribution in [2.24, 2.45) is 0 Å². The highest BCUT2D eigenvalue weighted by Crippen LogP contribution is 2.38. The summed E-state index contributed by atoms with van der Waals surface area (Å²) in [4.78, 5) is 12.2. The number of ether oxygens (including phenoxy) is 1. The highest BCUT2D eigenvalue weighted by atomic mass is 127. The number of nitrogens with one attached hydrogen (secondary N) is 1. The second kappa shape index (κ2) is 6.08. The largest absolute Gasteiger partial charge is 0.453 e. The molecule has 0 spiro atoms. The van der Waals surface area contributed by atoms with Gasteiger partial charge in [0.25, 0.3) is 0 Å². The number of anilines is 1. The Morgan fingerprint density at radius 2 is 2.00 bits per heavy atom. The highest BCUT2D eigenvalue weighted by Gasteiger charge is 2.44. The Kier molecular flexibility index (Phi) is 4.32. The predicted molar refractivity (Wildman–Crippen MR) is 96.1 cm³/mol. The fourth-order valence-corrected chi connectivity index (χ4v) is 3.21. The zero-order valence-corrected chi connectivity index (χ0v) is 14.9. The molecule has 1 saturated heterocycles. The maximum atomic E-state index is 12.2. The van der Waals surface area contributed by atoms with Gasteiger partial charge >= 0.3 is 5.97 Å². The Hall–Kier alpha value is -1.27. The van der Waals surface area contributed by atoms with Crippen molar-refractivity contribution in [3.05, 3.63) is 62.7 Å². The van der Waals surface area contributed by atoms with Crippen LogP contribution in [0.5, 0.6) is 0 Å². The number of esters is 1. The first-order valence-corrected chi connectivity index (χ1v) is 8.43. The van der Waals surface area contributed by atoms with Crippen molar-refractivity contribution in [3.8, 4) is 0 Å². The smallest absolute Gasteiger partial charge is 0.329 e. The van der Waals surface area contributed by atoms with Gasteiger partial charge in [-0.3, -0.25) is 0 Å². The Balaban J connectivity index is 1.79. The molecular formula is C17H15ClINO2. The number of hydrogen-bond donors (Lipinski definition) is 1. The predicted octanol–water partition coefficient (Wildman–Crippen LogP) is 4.59. The first-order valence-electron chi connectivity index (χ1n) is 6.97. The van der Waals surface area contributed by atoms with Gasteiger partial charge in [0.1, 0.15) is 11.6 Å². The highest BCUT2D eigenvalue weighted by molar-refractivity contribution is 14.1. The van der Waals surface area contributed by atoms with Gasteiger partial charge in [-0.25, -0.2) is 4.79 Å². The number of carbonyl (C=O) groups is 1. The lowest BCUT2D eigenvalue weighted by Gasteiger charge is -2.23. The fraction of sp³-hybridized carbons (Fsp3) is 0.235. The van der Waals surface area contributed by atoms with E-state index in [1.165, 1.54) is 0 Å². The van der Waals surface area contributed by atoms with Crippen molar-refractivity contribution in [1.82, 2.24) is 0 Å². The average Bonchev–Trinajstić information content (AvgIpc) is 2.77. The van der Waals surface area contributed by atoms with Gasteiger partial charge in [0.2, 0.25) is 0 Å². The lowest BCUT2D eigenvalue weighted by molar-refractivity contribution is -0.148. The number of rotatable bonds is 3. The Bertz CT molecular complexity index is 704. The second-order valence-electron chi connectivity index (χ2n) is 5.57. The molecule has 2 unspecified atom stereocenters. The van der Waals surface area contributed by atoms with Gasteiger partial charge < -0.3 is 10.1 Å². The van der Waals surface area contributed by atoms with Crippen molar-refractivity contribution in [1.29, 1.82) is 0 Å². The van der Waals surface area contributed by atoms with Crippen LogP contribution in [0.4, 0.5) is 5.69 Å². The molecule has 5 heteroatoms. The van der Waals surface area contributed by atoms with Gasteiger partial charge in [0, 0.05) is 20.7 Å². The summed E-state index contributed by atoms with van der Waals surface area (Å²) in [6.45, 7) is 1.92. The van der Waals surface area contributed by atoms with Crippen molar-refractivity contribution in [2.75, 3.05) is 5.32 Å². The van der Waals surface area contributed by atoms with Crippen LogP contribution in [0, 0.1) is 3.57 Å². The normalized spacial score (nSPS) is 24.1. The third-order valence-electron chi connectivity index (χ3n) is 3.82. The van der Waals surface area contributed by atoms with Crippen LogP contribution in [-0.4, -0.2) is 12.0 Å². The molecule has 2 atom stereocenters. The van der Waals surface area contributed by atoms with Crippen LogP contribution in [0.2, 0.25) is 5.02 Å². The van der Waals surface area contributed by atoms with Crippen LogP contribution in [-0.2, 0) is 15.1 Å². The third kappa shape index (κ3) is 3.22.